The lowest BCUT2D eigenvalue weighted by Gasteiger charge is -2.38. The molecule has 0 saturated carbocycles. The molecule has 4 heteroatoms. The van der Waals surface area contributed by atoms with Crippen LogP contribution in [0.1, 0.15) is 43.6 Å². The third-order valence-corrected chi connectivity index (χ3v) is 3.70. The first-order chi connectivity index (χ1) is 8.63. The molecule has 0 aliphatic carbocycles. The third kappa shape index (κ3) is 2.47. The molecule has 4 nitrogen and oxygen atoms in total. The summed E-state index contributed by atoms with van der Waals surface area (Å²) in [5.41, 5.74) is 1.45. The molecule has 1 aliphatic heterocycles. The molecule has 1 amide bonds. The SMILES string of the molecule is CNc1ccnc(C(=O)N2[C@H](C)CCC[C@@H]2C)c1. The van der Waals surface area contributed by atoms with Crippen molar-refractivity contribution in [3.8, 4) is 0 Å². The molecule has 2 rings (SSSR count). The zero-order valence-corrected chi connectivity index (χ0v) is 11.3. The van der Waals surface area contributed by atoms with Crippen LogP contribution in [0.25, 0.3) is 0 Å². The van der Waals surface area contributed by atoms with Crippen LogP contribution in [0, 0.1) is 0 Å². The Hall–Kier alpha value is -1.58. The second kappa shape index (κ2) is 5.38. The minimum atomic E-state index is 0.0480. The Bertz CT molecular complexity index is 423. The third-order valence-electron chi connectivity index (χ3n) is 3.70. The lowest BCUT2D eigenvalue weighted by atomic mass is 9.97. The lowest BCUT2D eigenvalue weighted by molar-refractivity contribution is 0.0504. The van der Waals surface area contributed by atoms with Crippen molar-refractivity contribution in [2.24, 2.45) is 0 Å². The van der Waals surface area contributed by atoms with E-state index in [9.17, 15) is 4.79 Å². The van der Waals surface area contributed by atoms with E-state index >= 15 is 0 Å². The van der Waals surface area contributed by atoms with Gasteiger partial charge in [-0.25, -0.2) is 0 Å². The van der Waals surface area contributed by atoms with Crippen molar-refractivity contribution in [2.75, 3.05) is 12.4 Å². The molecule has 18 heavy (non-hydrogen) atoms. The lowest BCUT2D eigenvalue weighted by Crippen LogP contribution is -2.47. The average molecular weight is 247 g/mol. The first kappa shape index (κ1) is 12.9. The van der Waals surface area contributed by atoms with Gasteiger partial charge >= 0.3 is 0 Å². The second-order valence-corrected chi connectivity index (χ2v) is 5.02. The topological polar surface area (TPSA) is 45.2 Å². The molecule has 0 bridgehead atoms. The molecule has 98 valence electrons. The number of likely N-dealkylation sites (tertiary alicyclic amines) is 1. The van der Waals surface area contributed by atoms with Gasteiger partial charge in [0, 0.05) is 31.0 Å². The largest absolute Gasteiger partial charge is 0.388 e. The number of pyridine rings is 1. The second-order valence-electron chi connectivity index (χ2n) is 5.02. The molecular formula is C14H21N3O. The highest BCUT2D eigenvalue weighted by Crippen LogP contribution is 2.24. The Morgan fingerprint density at radius 1 is 1.39 bits per heavy atom. The number of carbonyl (C=O) groups is 1. The van der Waals surface area contributed by atoms with Crippen LogP contribution in [0.15, 0.2) is 18.3 Å². The van der Waals surface area contributed by atoms with Crippen molar-refractivity contribution in [3.63, 3.8) is 0 Å². The minimum Gasteiger partial charge on any atom is -0.388 e. The summed E-state index contributed by atoms with van der Waals surface area (Å²) in [4.78, 5) is 18.7. The van der Waals surface area contributed by atoms with Gasteiger partial charge in [-0.05, 0) is 45.2 Å². The summed E-state index contributed by atoms with van der Waals surface area (Å²) in [6.07, 6.45) is 5.05. The molecule has 1 saturated heterocycles. The standard InChI is InChI=1S/C14H21N3O/c1-10-5-4-6-11(2)17(10)14(18)13-9-12(15-3)7-8-16-13/h7-11H,4-6H2,1-3H3,(H,15,16)/t10-,11+. The van der Waals surface area contributed by atoms with E-state index in [1.165, 1.54) is 6.42 Å². The molecule has 2 heterocycles. The van der Waals surface area contributed by atoms with Crippen LogP contribution in [0.2, 0.25) is 0 Å². The fourth-order valence-electron chi connectivity index (χ4n) is 2.66. The monoisotopic (exact) mass is 247 g/mol. The van der Waals surface area contributed by atoms with Gasteiger partial charge in [0.15, 0.2) is 0 Å². The number of carbonyl (C=O) groups excluding carboxylic acids is 1. The van der Waals surface area contributed by atoms with Gasteiger partial charge in [0.25, 0.3) is 5.91 Å². The Labute approximate surface area is 108 Å². The number of piperidine rings is 1. The van der Waals surface area contributed by atoms with E-state index in [-0.39, 0.29) is 5.91 Å². The van der Waals surface area contributed by atoms with Gasteiger partial charge in [-0.3, -0.25) is 9.78 Å². The van der Waals surface area contributed by atoms with E-state index in [0.717, 1.165) is 18.5 Å². The highest BCUT2D eigenvalue weighted by molar-refractivity contribution is 5.93. The van der Waals surface area contributed by atoms with E-state index < -0.39 is 0 Å². The van der Waals surface area contributed by atoms with E-state index in [1.54, 1.807) is 6.20 Å². The molecule has 0 spiro atoms. The van der Waals surface area contributed by atoms with Gasteiger partial charge in [0.2, 0.25) is 0 Å². The quantitative estimate of drug-likeness (QED) is 0.873. The summed E-state index contributed by atoms with van der Waals surface area (Å²) in [6, 6.07) is 4.29. The number of nitrogens with one attached hydrogen (secondary N) is 1. The summed E-state index contributed by atoms with van der Waals surface area (Å²) >= 11 is 0. The van der Waals surface area contributed by atoms with Crippen molar-refractivity contribution >= 4 is 11.6 Å². The van der Waals surface area contributed by atoms with E-state index in [2.05, 4.69) is 24.1 Å². The summed E-state index contributed by atoms with van der Waals surface area (Å²) in [7, 11) is 1.84. The number of hydrogen-bond acceptors (Lipinski definition) is 3. The molecule has 0 unspecified atom stereocenters. The first-order valence-electron chi connectivity index (χ1n) is 6.60. The summed E-state index contributed by atoms with van der Waals surface area (Å²) in [5, 5.41) is 3.04. The number of nitrogens with zero attached hydrogens (tertiary/aromatic N) is 2. The van der Waals surface area contributed by atoms with Crippen molar-refractivity contribution in [1.29, 1.82) is 0 Å². The molecule has 0 radical (unpaired) electrons. The average Bonchev–Trinajstić information content (AvgIpc) is 2.38. The zero-order valence-electron chi connectivity index (χ0n) is 11.3. The smallest absolute Gasteiger partial charge is 0.273 e. The maximum Gasteiger partial charge on any atom is 0.273 e. The van der Waals surface area contributed by atoms with Gasteiger partial charge in [0.05, 0.1) is 0 Å². The van der Waals surface area contributed by atoms with Gasteiger partial charge in [-0.2, -0.15) is 0 Å². The Morgan fingerprint density at radius 2 is 2.06 bits per heavy atom. The van der Waals surface area contributed by atoms with Crippen LogP contribution in [0.3, 0.4) is 0 Å². The Morgan fingerprint density at radius 3 is 2.67 bits per heavy atom. The normalized spacial score (nSPS) is 23.8. The van der Waals surface area contributed by atoms with Gasteiger partial charge in [-0.1, -0.05) is 0 Å². The molecule has 0 aromatic carbocycles. The maximum absolute atomic E-state index is 12.5. The van der Waals surface area contributed by atoms with E-state index in [1.807, 2.05) is 24.1 Å². The molecular weight excluding hydrogens is 226 g/mol. The summed E-state index contributed by atoms with van der Waals surface area (Å²) < 4.78 is 0. The van der Waals surface area contributed by atoms with Crippen LogP contribution in [0.5, 0.6) is 0 Å². The highest BCUT2D eigenvalue weighted by Gasteiger charge is 2.30. The highest BCUT2D eigenvalue weighted by atomic mass is 16.2. The molecule has 1 aromatic heterocycles. The van der Waals surface area contributed by atoms with Gasteiger partial charge < -0.3 is 10.2 Å². The predicted octanol–water partition coefficient (Wildman–Crippen LogP) is 2.53. The minimum absolute atomic E-state index is 0.0480. The fraction of sp³-hybridized carbons (Fsp3) is 0.571. The van der Waals surface area contributed by atoms with Crippen LogP contribution in [0.4, 0.5) is 5.69 Å². The van der Waals surface area contributed by atoms with Crippen LogP contribution in [-0.4, -0.2) is 34.9 Å². The first-order valence-corrected chi connectivity index (χ1v) is 6.60. The number of hydrogen-bond donors (Lipinski definition) is 1. The molecule has 1 fully saturated rings. The van der Waals surface area contributed by atoms with Gasteiger partial charge in [-0.15, -0.1) is 0 Å². The van der Waals surface area contributed by atoms with Crippen LogP contribution in [-0.2, 0) is 0 Å². The van der Waals surface area contributed by atoms with Crippen molar-refractivity contribution in [3.05, 3.63) is 24.0 Å². The fourth-order valence-corrected chi connectivity index (χ4v) is 2.66. The number of aromatic nitrogens is 1. The van der Waals surface area contributed by atoms with Crippen molar-refractivity contribution in [2.45, 2.75) is 45.2 Å². The Balaban J connectivity index is 2.23. The van der Waals surface area contributed by atoms with E-state index in [4.69, 9.17) is 0 Å². The van der Waals surface area contributed by atoms with Crippen LogP contribution >= 0.6 is 0 Å². The Kier molecular flexibility index (Phi) is 3.84. The predicted molar refractivity (Wildman–Crippen MR) is 72.7 cm³/mol. The van der Waals surface area contributed by atoms with Crippen molar-refractivity contribution in [1.82, 2.24) is 9.88 Å². The van der Waals surface area contributed by atoms with Gasteiger partial charge in [0.1, 0.15) is 5.69 Å². The van der Waals surface area contributed by atoms with E-state index in [0.29, 0.717) is 17.8 Å². The molecule has 2 atom stereocenters. The summed E-state index contributed by atoms with van der Waals surface area (Å²) in [6.45, 7) is 4.24. The van der Waals surface area contributed by atoms with Crippen molar-refractivity contribution < 1.29 is 4.79 Å². The zero-order chi connectivity index (χ0) is 13.1. The molecule has 1 N–H and O–H groups in total. The number of anilines is 1. The molecule has 1 aromatic rings. The number of amides is 1. The van der Waals surface area contributed by atoms with Crippen LogP contribution < -0.4 is 5.32 Å². The molecule has 1 aliphatic rings. The number of rotatable bonds is 2. The summed E-state index contributed by atoms with van der Waals surface area (Å²) in [5.74, 6) is 0.0480. The maximum atomic E-state index is 12.5.